The quantitative estimate of drug-likeness (QED) is 0.516. The van der Waals surface area contributed by atoms with E-state index in [9.17, 15) is 9.90 Å². The molecule has 0 bridgehead atoms. The van der Waals surface area contributed by atoms with Crippen LogP contribution >= 0.6 is 11.6 Å². The van der Waals surface area contributed by atoms with Crippen molar-refractivity contribution in [2.75, 3.05) is 0 Å². The van der Waals surface area contributed by atoms with Crippen LogP contribution in [0.4, 0.5) is 0 Å². The highest BCUT2D eigenvalue weighted by molar-refractivity contribution is 6.30. The number of hydrogen-bond donors (Lipinski definition) is 1. The van der Waals surface area contributed by atoms with Gasteiger partial charge in [0.25, 0.3) is 0 Å². The van der Waals surface area contributed by atoms with Gasteiger partial charge in [0, 0.05) is 18.0 Å². The topological polar surface area (TPSA) is 68.0 Å². The van der Waals surface area contributed by atoms with Gasteiger partial charge >= 0.3 is 5.97 Å². The number of carboxylic acid groups (broad SMARTS) is 1. The minimum absolute atomic E-state index is 0.199. The fraction of sp³-hybridized carbons (Fsp3) is 0.136. The maximum atomic E-state index is 12.1. The van der Waals surface area contributed by atoms with E-state index in [4.69, 9.17) is 11.6 Å². The Kier molecular flexibility index (Phi) is 4.84. The van der Waals surface area contributed by atoms with Crippen LogP contribution in [0.2, 0.25) is 5.02 Å². The van der Waals surface area contributed by atoms with Gasteiger partial charge in [0.2, 0.25) is 0 Å². The summed E-state index contributed by atoms with van der Waals surface area (Å²) in [6.07, 6.45) is 3.71. The fourth-order valence-corrected chi connectivity index (χ4v) is 3.67. The summed E-state index contributed by atoms with van der Waals surface area (Å²) in [7, 11) is 0. The van der Waals surface area contributed by atoms with E-state index in [0.29, 0.717) is 35.1 Å². The largest absolute Gasteiger partial charge is 0.477 e. The Morgan fingerprint density at radius 1 is 1.14 bits per heavy atom. The molecule has 2 heterocycles. The number of fused-ring (bicyclic) bond motifs is 1. The lowest BCUT2D eigenvalue weighted by Crippen LogP contribution is -2.12. The molecule has 0 atom stereocenters. The molecule has 4 aromatic rings. The zero-order valence-corrected chi connectivity index (χ0v) is 16.0. The minimum Gasteiger partial charge on any atom is -0.477 e. The molecule has 5 nitrogen and oxygen atoms in total. The molecule has 0 spiro atoms. The van der Waals surface area contributed by atoms with Crippen LogP contribution < -0.4 is 0 Å². The van der Waals surface area contributed by atoms with Gasteiger partial charge in [-0.15, -0.1) is 0 Å². The van der Waals surface area contributed by atoms with Crippen molar-refractivity contribution in [3.05, 3.63) is 82.9 Å². The van der Waals surface area contributed by atoms with Crippen LogP contribution in [0.5, 0.6) is 0 Å². The van der Waals surface area contributed by atoms with Crippen molar-refractivity contribution in [3.63, 3.8) is 0 Å². The maximum absolute atomic E-state index is 12.1. The molecule has 2 aromatic carbocycles. The standard InChI is InChI=1S/C22H18ClN3O2/c1-2-19-20(22(27)28)26(21(25-19)16-10-17(23)12-24-11-16)13-15-8-5-7-14-6-3-4-9-18(14)15/h3-12H,2,13H2,1H3,(H,27,28). The Labute approximate surface area is 167 Å². The van der Waals surface area contributed by atoms with Gasteiger partial charge in [-0.3, -0.25) is 4.98 Å². The average molecular weight is 392 g/mol. The van der Waals surface area contributed by atoms with Gasteiger partial charge in [-0.1, -0.05) is 61.0 Å². The fourth-order valence-electron chi connectivity index (χ4n) is 3.50. The van der Waals surface area contributed by atoms with Crippen LogP contribution in [0.25, 0.3) is 22.2 Å². The van der Waals surface area contributed by atoms with Gasteiger partial charge in [-0.05, 0) is 28.8 Å². The Balaban J connectivity index is 1.94. The number of halogens is 1. The monoisotopic (exact) mass is 391 g/mol. The molecule has 0 radical (unpaired) electrons. The third-order valence-corrected chi connectivity index (χ3v) is 4.96. The number of carboxylic acids is 1. The summed E-state index contributed by atoms with van der Waals surface area (Å²) in [5, 5.41) is 12.6. The third kappa shape index (κ3) is 3.25. The van der Waals surface area contributed by atoms with Gasteiger partial charge in [0.15, 0.2) is 5.69 Å². The van der Waals surface area contributed by atoms with Crippen molar-refractivity contribution in [1.82, 2.24) is 14.5 Å². The van der Waals surface area contributed by atoms with Crippen molar-refractivity contribution in [1.29, 1.82) is 0 Å². The predicted octanol–water partition coefficient (Wildman–Crippen LogP) is 5.06. The van der Waals surface area contributed by atoms with Crippen LogP contribution in [-0.4, -0.2) is 25.6 Å². The highest BCUT2D eigenvalue weighted by Gasteiger charge is 2.23. The lowest BCUT2D eigenvalue weighted by atomic mass is 10.0. The van der Waals surface area contributed by atoms with E-state index >= 15 is 0 Å². The molecular weight excluding hydrogens is 374 g/mol. The van der Waals surface area contributed by atoms with Crippen molar-refractivity contribution in [2.24, 2.45) is 0 Å². The number of carbonyl (C=O) groups is 1. The second-order valence-corrected chi connectivity index (χ2v) is 6.94. The van der Waals surface area contributed by atoms with Crippen molar-refractivity contribution in [2.45, 2.75) is 19.9 Å². The maximum Gasteiger partial charge on any atom is 0.354 e. The number of benzene rings is 2. The SMILES string of the molecule is CCc1nc(-c2cncc(Cl)c2)n(Cc2cccc3ccccc23)c1C(=O)O. The summed E-state index contributed by atoms with van der Waals surface area (Å²) in [6.45, 7) is 2.29. The number of hydrogen-bond acceptors (Lipinski definition) is 3. The van der Waals surface area contributed by atoms with Gasteiger partial charge in [-0.2, -0.15) is 0 Å². The first-order valence-corrected chi connectivity index (χ1v) is 9.36. The van der Waals surface area contributed by atoms with Crippen LogP contribution in [0.15, 0.2) is 60.9 Å². The number of pyridine rings is 1. The minimum atomic E-state index is -0.995. The van der Waals surface area contributed by atoms with E-state index in [1.165, 1.54) is 0 Å². The Morgan fingerprint density at radius 2 is 1.93 bits per heavy atom. The Hall–Kier alpha value is -3.18. The molecule has 0 aliphatic carbocycles. The second-order valence-electron chi connectivity index (χ2n) is 6.51. The van der Waals surface area contributed by atoms with E-state index in [1.807, 2.05) is 49.4 Å². The number of imidazole rings is 1. The number of aromatic carboxylic acids is 1. The smallest absolute Gasteiger partial charge is 0.354 e. The summed E-state index contributed by atoms with van der Waals surface area (Å²) in [4.78, 5) is 20.8. The predicted molar refractivity (Wildman–Crippen MR) is 110 cm³/mol. The van der Waals surface area contributed by atoms with Crippen molar-refractivity contribution >= 4 is 28.3 Å². The first-order chi connectivity index (χ1) is 13.6. The number of nitrogens with zero attached hydrogens (tertiary/aromatic N) is 3. The van der Waals surface area contributed by atoms with Crippen LogP contribution in [0.3, 0.4) is 0 Å². The molecule has 4 rings (SSSR count). The normalized spacial score (nSPS) is 11.1. The molecule has 0 saturated carbocycles. The third-order valence-electron chi connectivity index (χ3n) is 4.75. The summed E-state index contributed by atoms with van der Waals surface area (Å²) >= 11 is 6.11. The first kappa shape index (κ1) is 18.2. The molecular formula is C22H18ClN3O2. The molecule has 6 heteroatoms. The van der Waals surface area contributed by atoms with Crippen LogP contribution in [-0.2, 0) is 13.0 Å². The molecule has 0 saturated heterocycles. The molecule has 0 fully saturated rings. The number of rotatable bonds is 5. The van der Waals surface area contributed by atoms with E-state index in [2.05, 4.69) is 9.97 Å². The van der Waals surface area contributed by atoms with E-state index < -0.39 is 5.97 Å². The molecule has 0 aliphatic heterocycles. The van der Waals surface area contributed by atoms with E-state index in [1.54, 1.807) is 23.0 Å². The van der Waals surface area contributed by atoms with Crippen molar-refractivity contribution in [3.8, 4) is 11.4 Å². The summed E-state index contributed by atoms with van der Waals surface area (Å²) in [5.41, 5.74) is 2.46. The molecule has 28 heavy (non-hydrogen) atoms. The van der Waals surface area contributed by atoms with E-state index in [0.717, 1.165) is 16.3 Å². The zero-order valence-electron chi connectivity index (χ0n) is 15.3. The Morgan fingerprint density at radius 3 is 2.68 bits per heavy atom. The summed E-state index contributed by atoms with van der Waals surface area (Å²) in [5.74, 6) is -0.442. The lowest BCUT2D eigenvalue weighted by molar-refractivity contribution is 0.0684. The van der Waals surface area contributed by atoms with Crippen LogP contribution in [0.1, 0.15) is 28.7 Å². The molecule has 0 unspecified atom stereocenters. The molecule has 0 amide bonds. The molecule has 140 valence electrons. The van der Waals surface area contributed by atoms with Crippen molar-refractivity contribution < 1.29 is 9.90 Å². The van der Waals surface area contributed by atoms with Gasteiger partial charge in [0.1, 0.15) is 5.82 Å². The van der Waals surface area contributed by atoms with Crippen LogP contribution in [0, 0.1) is 0 Å². The Bertz CT molecular complexity index is 1180. The highest BCUT2D eigenvalue weighted by Crippen LogP contribution is 2.28. The average Bonchev–Trinajstić information content (AvgIpc) is 3.07. The molecule has 1 N–H and O–H groups in total. The highest BCUT2D eigenvalue weighted by atomic mass is 35.5. The number of aryl methyl sites for hydroxylation is 1. The lowest BCUT2D eigenvalue weighted by Gasteiger charge is -2.13. The number of aromatic nitrogens is 3. The zero-order chi connectivity index (χ0) is 19.7. The van der Waals surface area contributed by atoms with Gasteiger partial charge in [-0.25, -0.2) is 9.78 Å². The first-order valence-electron chi connectivity index (χ1n) is 8.98. The molecule has 2 aromatic heterocycles. The summed E-state index contributed by atoms with van der Waals surface area (Å²) < 4.78 is 1.75. The van der Waals surface area contributed by atoms with Gasteiger partial charge < -0.3 is 9.67 Å². The molecule has 0 aliphatic rings. The van der Waals surface area contributed by atoms with E-state index in [-0.39, 0.29) is 5.69 Å². The van der Waals surface area contributed by atoms with Gasteiger partial charge in [0.05, 0.1) is 17.3 Å². The summed E-state index contributed by atoms with van der Waals surface area (Å²) in [6, 6.07) is 15.9. The second kappa shape index (κ2) is 7.44.